The van der Waals surface area contributed by atoms with Crippen LogP contribution in [0.5, 0.6) is 5.75 Å². The molecule has 0 fully saturated rings. The van der Waals surface area contributed by atoms with E-state index in [1.54, 1.807) is 11.4 Å². The summed E-state index contributed by atoms with van der Waals surface area (Å²) in [5.41, 5.74) is 1.29. The number of aromatic nitrogens is 1. The predicted octanol–water partition coefficient (Wildman–Crippen LogP) is 4.35. The molecule has 3 rings (SSSR count). The third-order valence-corrected chi connectivity index (χ3v) is 4.02. The Bertz CT molecular complexity index is 896. The SMILES string of the molecule is COc1ccc(-c2csc(NC(=O)c3cccc(F)c3)n2)cc1F. The van der Waals surface area contributed by atoms with Crippen LogP contribution in [-0.2, 0) is 0 Å². The second-order valence-electron chi connectivity index (χ2n) is 4.85. The molecular weight excluding hydrogens is 334 g/mol. The second kappa shape index (κ2) is 6.76. The van der Waals surface area contributed by atoms with Gasteiger partial charge in [-0.3, -0.25) is 10.1 Å². The Morgan fingerprint density at radius 1 is 1.21 bits per heavy atom. The number of hydrogen-bond acceptors (Lipinski definition) is 4. The van der Waals surface area contributed by atoms with Crippen molar-refractivity contribution in [1.82, 2.24) is 4.98 Å². The molecule has 1 N–H and O–H groups in total. The van der Waals surface area contributed by atoms with E-state index in [0.29, 0.717) is 16.4 Å². The summed E-state index contributed by atoms with van der Waals surface area (Å²) in [7, 11) is 1.39. The van der Waals surface area contributed by atoms with E-state index in [0.717, 1.165) is 6.07 Å². The monoisotopic (exact) mass is 346 g/mol. The van der Waals surface area contributed by atoms with E-state index in [2.05, 4.69) is 10.3 Å². The van der Waals surface area contributed by atoms with E-state index >= 15 is 0 Å². The number of ether oxygens (including phenoxy) is 1. The number of methoxy groups -OCH3 is 1. The van der Waals surface area contributed by atoms with Gasteiger partial charge >= 0.3 is 0 Å². The van der Waals surface area contributed by atoms with E-state index in [9.17, 15) is 13.6 Å². The van der Waals surface area contributed by atoms with Gasteiger partial charge in [-0.15, -0.1) is 11.3 Å². The van der Waals surface area contributed by atoms with Crippen LogP contribution in [0.3, 0.4) is 0 Å². The standard InChI is InChI=1S/C17H12F2N2O2S/c1-23-15-6-5-10(8-13(15)19)14-9-24-17(20-14)21-16(22)11-3-2-4-12(18)7-11/h2-9H,1H3,(H,20,21,22). The van der Waals surface area contributed by atoms with Crippen LogP contribution in [0.4, 0.5) is 13.9 Å². The van der Waals surface area contributed by atoms with E-state index in [1.165, 1.54) is 48.8 Å². The van der Waals surface area contributed by atoms with Gasteiger partial charge in [-0.2, -0.15) is 0 Å². The Hall–Kier alpha value is -2.80. The first kappa shape index (κ1) is 16.1. The molecule has 3 aromatic rings. The fourth-order valence-corrected chi connectivity index (χ4v) is 2.80. The van der Waals surface area contributed by atoms with Gasteiger partial charge in [0.2, 0.25) is 0 Å². The predicted molar refractivity (Wildman–Crippen MR) is 88.4 cm³/mol. The molecule has 0 radical (unpaired) electrons. The van der Waals surface area contributed by atoms with Crippen LogP contribution in [0.25, 0.3) is 11.3 Å². The summed E-state index contributed by atoms with van der Waals surface area (Å²) in [5, 5.41) is 4.64. The molecule has 0 saturated heterocycles. The molecule has 0 saturated carbocycles. The summed E-state index contributed by atoms with van der Waals surface area (Å²) < 4.78 is 31.8. The Kier molecular flexibility index (Phi) is 4.52. The van der Waals surface area contributed by atoms with Crippen molar-refractivity contribution in [2.24, 2.45) is 0 Å². The van der Waals surface area contributed by atoms with Crippen molar-refractivity contribution in [3.63, 3.8) is 0 Å². The van der Waals surface area contributed by atoms with Gasteiger partial charge in [0, 0.05) is 16.5 Å². The lowest BCUT2D eigenvalue weighted by molar-refractivity contribution is 0.102. The van der Waals surface area contributed by atoms with Crippen molar-refractivity contribution >= 4 is 22.4 Å². The van der Waals surface area contributed by atoms with Crippen LogP contribution in [0.15, 0.2) is 47.8 Å². The lowest BCUT2D eigenvalue weighted by Crippen LogP contribution is -2.11. The maximum atomic E-state index is 13.8. The van der Waals surface area contributed by atoms with Gasteiger partial charge < -0.3 is 4.74 Å². The molecule has 1 aromatic heterocycles. The maximum Gasteiger partial charge on any atom is 0.257 e. The first-order chi connectivity index (χ1) is 11.6. The highest BCUT2D eigenvalue weighted by Crippen LogP contribution is 2.28. The van der Waals surface area contributed by atoms with Crippen LogP contribution < -0.4 is 10.1 Å². The Labute approximate surface area is 140 Å². The van der Waals surface area contributed by atoms with E-state index < -0.39 is 17.5 Å². The number of anilines is 1. The lowest BCUT2D eigenvalue weighted by Gasteiger charge is -2.03. The maximum absolute atomic E-state index is 13.8. The second-order valence-corrected chi connectivity index (χ2v) is 5.71. The fraction of sp³-hybridized carbons (Fsp3) is 0.0588. The van der Waals surface area contributed by atoms with Crippen molar-refractivity contribution in [1.29, 1.82) is 0 Å². The summed E-state index contributed by atoms with van der Waals surface area (Å²) in [6.45, 7) is 0. The molecule has 1 heterocycles. The van der Waals surface area contributed by atoms with Gasteiger partial charge in [-0.25, -0.2) is 13.8 Å². The molecule has 0 unspecified atom stereocenters. The quantitative estimate of drug-likeness (QED) is 0.764. The average molecular weight is 346 g/mol. The minimum absolute atomic E-state index is 0.147. The normalized spacial score (nSPS) is 10.5. The first-order valence-electron chi connectivity index (χ1n) is 6.93. The summed E-state index contributed by atoms with van der Waals surface area (Å²) in [6, 6.07) is 9.86. The zero-order valence-electron chi connectivity index (χ0n) is 12.5. The minimum Gasteiger partial charge on any atom is -0.494 e. The first-order valence-corrected chi connectivity index (χ1v) is 7.81. The van der Waals surface area contributed by atoms with E-state index in [4.69, 9.17) is 4.74 Å². The minimum atomic E-state index is -0.492. The molecule has 0 bridgehead atoms. The number of nitrogens with one attached hydrogen (secondary N) is 1. The summed E-state index contributed by atoms with van der Waals surface area (Å²) in [4.78, 5) is 16.3. The van der Waals surface area contributed by atoms with Gasteiger partial charge in [0.15, 0.2) is 16.7 Å². The number of benzene rings is 2. The van der Waals surface area contributed by atoms with Gasteiger partial charge in [0.05, 0.1) is 12.8 Å². The number of amides is 1. The van der Waals surface area contributed by atoms with E-state index in [1.807, 2.05) is 0 Å². The molecule has 0 aliphatic rings. The van der Waals surface area contributed by atoms with Crippen LogP contribution in [0.2, 0.25) is 0 Å². The number of hydrogen-bond donors (Lipinski definition) is 1. The third kappa shape index (κ3) is 3.41. The van der Waals surface area contributed by atoms with Crippen LogP contribution in [0.1, 0.15) is 10.4 Å². The highest BCUT2D eigenvalue weighted by atomic mass is 32.1. The van der Waals surface area contributed by atoms with Gasteiger partial charge in [0.25, 0.3) is 5.91 Å². The summed E-state index contributed by atoms with van der Waals surface area (Å²) >= 11 is 1.20. The number of carbonyl (C=O) groups excluding carboxylic acids is 1. The lowest BCUT2D eigenvalue weighted by atomic mass is 10.1. The third-order valence-electron chi connectivity index (χ3n) is 3.26. The van der Waals surface area contributed by atoms with Gasteiger partial charge in [-0.05, 0) is 36.4 Å². The number of nitrogens with zero attached hydrogens (tertiary/aromatic N) is 1. The molecule has 0 spiro atoms. The fourth-order valence-electron chi connectivity index (χ4n) is 2.09. The van der Waals surface area contributed by atoms with E-state index in [-0.39, 0.29) is 11.3 Å². The van der Waals surface area contributed by atoms with Gasteiger partial charge in [0.1, 0.15) is 5.82 Å². The highest BCUT2D eigenvalue weighted by molar-refractivity contribution is 7.14. The smallest absolute Gasteiger partial charge is 0.257 e. The molecule has 0 aliphatic heterocycles. The molecule has 2 aromatic carbocycles. The van der Waals surface area contributed by atoms with Crippen molar-refractivity contribution in [2.75, 3.05) is 12.4 Å². The number of halogens is 2. The largest absolute Gasteiger partial charge is 0.494 e. The molecule has 0 aliphatic carbocycles. The zero-order valence-corrected chi connectivity index (χ0v) is 13.4. The molecule has 4 nitrogen and oxygen atoms in total. The Morgan fingerprint density at radius 3 is 2.75 bits per heavy atom. The molecule has 24 heavy (non-hydrogen) atoms. The Morgan fingerprint density at radius 2 is 2.04 bits per heavy atom. The molecule has 7 heteroatoms. The summed E-state index contributed by atoms with van der Waals surface area (Å²) in [6.07, 6.45) is 0. The van der Waals surface area contributed by atoms with Crippen molar-refractivity contribution in [3.05, 3.63) is 65.0 Å². The van der Waals surface area contributed by atoms with Gasteiger partial charge in [-0.1, -0.05) is 6.07 Å². The Balaban J connectivity index is 1.78. The zero-order chi connectivity index (χ0) is 17.1. The highest BCUT2D eigenvalue weighted by Gasteiger charge is 2.12. The number of thiazole rings is 1. The number of carbonyl (C=O) groups is 1. The molecule has 0 atom stereocenters. The van der Waals surface area contributed by atoms with Crippen LogP contribution in [0, 0.1) is 11.6 Å². The molecule has 1 amide bonds. The number of rotatable bonds is 4. The van der Waals surface area contributed by atoms with Crippen molar-refractivity contribution < 1.29 is 18.3 Å². The summed E-state index contributed by atoms with van der Waals surface area (Å²) in [5.74, 6) is -1.30. The van der Waals surface area contributed by atoms with Crippen molar-refractivity contribution in [2.45, 2.75) is 0 Å². The average Bonchev–Trinajstić information content (AvgIpc) is 3.03. The topological polar surface area (TPSA) is 51.2 Å². The molecule has 122 valence electrons. The van der Waals surface area contributed by atoms with Crippen molar-refractivity contribution in [3.8, 4) is 17.0 Å². The molecular formula is C17H12F2N2O2S. The van der Waals surface area contributed by atoms with Crippen LogP contribution in [-0.4, -0.2) is 18.0 Å². The van der Waals surface area contributed by atoms with Crippen LogP contribution >= 0.6 is 11.3 Å².